The van der Waals surface area contributed by atoms with Gasteiger partial charge in [0.2, 0.25) is 0 Å². The molecule has 2 aliphatic rings. The lowest BCUT2D eigenvalue weighted by Gasteiger charge is -2.40. The Hall–Kier alpha value is -0.860. The van der Waals surface area contributed by atoms with Crippen LogP contribution in [-0.2, 0) is 16.6 Å². The number of benzene rings is 1. The van der Waals surface area contributed by atoms with Crippen LogP contribution in [0.15, 0.2) is 24.3 Å². The van der Waals surface area contributed by atoms with E-state index in [0.717, 1.165) is 32.2 Å². The summed E-state index contributed by atoms with van der Waals surface area (Å²) >= 11 is 0. The summed E-state index contributed by atoms with van der Waals surface area (Å²) in [6.07, 6.45) is 7.74. The van der Waals surface area contributed by atoms with E-state index in [-0.39, 0.29) is 0 Å². The lowest BCUT2D eigenvalue weighted by Crippen LogP contribution is -2.42. The smallest absolute Gasteiger partial charge is 0.0474 e. The third-order valence-electron chi connectivity index (χ3n) is 4.93. The molecular formula is C18H27NO. The van der Waals surface area contributed by atoms with Gasteiger partial charge in [0.25, 0.3) is 0 Å². The van der Waals surface area contributed by atoms with Crippen LogP contribution >= 0.6 is 0 Å². The van der Waals surface area contributed by atoms with Crippen LogP contribution in [0.2, 0.25) is 0 Å². The van der Waals surface area contributed by atoms with E-state index in [4.69, 9.17) is 4.74 Å². The molecule has 1 aromatic carbocycles. The Bertz CT molecular complexity index is 441. The van der Waals surface area contributed by atoms with E-state index in [1.54, 1.807) is 11.1 Å². The van der Waals surface area contributed by atoms with Gasteiger partial charge in [-0.3, -0.25) is 0 Å². The van der Waals surface area contributed by atoms with Crippen LogP contribution in [-0.4, -0.2) is 25.8 Å². The van der Waals surface area contributed by atoms with Gasteiger partial charge in [-0.1, -0.05) is 24.3 Å². The van der Waals surface area contributed by atoms with Crippen molar-refractivity contribution in [1.29, 1.82) is 0 Å². The molecule has 1 saturated carbocycles. The molecule has 0 radical (unpaired) electrons. The minimum Gasteiger partial charge on any atom is -0.382 e. The second-order valence-electron chi connectivity index (χ2n) is 6.39. The molecule has 1 aromatic rings. The Labute approximate surface area is 122 Å². The summed E-state index contributed by atoms with van der Waals surface area (Å²) in [7, 11) is 0. The Morgan fingerprint density at radius 1 is 1.30 bits per heavy atom. The van der Waals surface area contributed by atoms with E-state index < -0.39 is 0 Å². The van der Waals surface area contributed by atoms with Crippen LogP contribution in [0, 0.1) is 0 Å². The Morgan fingerprint density at radius 3 is 2.95 bits per heavy atom. The molecule has 0 heterocycles. The molecule has 2 aliphatic carbocycles. The van der Waals surface area contributed by atoms with Crippen LogP contribution in [0.1, 0.15) is 50.2 Å². The van der Waals surface area contributed by atoms with Crippen molar-refractivity contribution in [2.75, 3.05) is 19.8 Å². The van der Waals surface area contributed by atoms with Crippen molar-refractivity contribution in [1.82, 2.24) is 5.32 Å². The quantitative estimate of drug-likeness (QED) is 0.768. The molecule has 1 atom stereocenters. The van der Waals surface area contributed by atoms with E-state index in [9.17, 15) is 0 Å². The highest BCUT2D eigenvalue weighted by Crippen LogP contribution is 2.40. The number of nitrogens with one attached hydrogen (secondary N) is 1. The number of rotatable bonds is 7. The molecule has 0 aliphatic heterocycles. The number of hydrogen-bond acceptors (Lipinski definition) is 2. The molecule has 1 N–H and O–H groups in total. The lowest BCUT2D eigenvalue weighted by molar-refractivity contribution is 0.119. The summed E-state index contributed by atoms with van der Waals surface area (Å²) < 4.78 is 5.67. The van der Waals surface area contributed by atoms with Gasteiger partial charge in [0.1, 0.15) is 0 Å². The second-order valence-corrected chi connectivity index (χ2v) is 6.39. The van der Waals surface area contributed by atoms with Gasteiger partial charge >= 0.3 is 0 Å². The minimum absolute atomic E-state index is 0.298. The van der Waals surface area contributed by atoms with Crippen molar-refractivity contribution in [3.05, 3.63) is 35.4 Å². The zero-order valence-electron chi connectivity index (χ0n) is 12.7. The zero-order valence-corrected chi connectivity index (χ0v) is 12.7. The lowest BCUT2D eigenvalue weighted by atomic mass is 9.68. The minimum atomic E-state index is 0.298. The molecule has 0 bridgehead atoms. The normalized spacial score (nSPS) is 25.4. The largest absolute Gasteiger partial charge is 0.382 e. The monoisotopic (exact) mass is 273 g/mol. The maximum Gasteiger partial charge on any atom is 0.0474 e. The first-order valence-electron chi connectivity index (χ1n) is 8.23. The summed E-state index contributed by atoms with van der Waals surface area (Å²) in [6.45, 7) is 4.93. The average Bonchev–Trinajstić information content (AvgIpc) is 3.30. The van der Waals surface area contributed by atoms with Gasteiger partial charge in [0, 0.05) is 31.2 Å². The fraction of sp³-hybridized carbons (Fsp3) is 0.667. The fourth-order valence-electron chi connectivity index (χ4n) is 3.58. The van der Waals surface area contributed by atoms with Gasteiger partial charge in [-0.05, 0) is 56.6 Å². The third kappa shape index (κ3) is 3.07. The first kappa shape index (κ1) is 14.1. The Kier molecular flexibility index (Phi) is 4.42. The number of hydrogen-bond donors (Lipinski definition) is 1. The van der Waals surface area contributed by atoms with Crippen molar-refractivity contribution < 1.29 is 4.74 Å². The van der Waals surface area contributed by atoms with Crippen LogP contribution in [0.3, 0.4) is 0 Å². The van der Waals surface area contributed by atoms with Crippen molar-refractivity contribution in [3.8, 4) is 0 Å². The summed E-state index contributed by atoms with van der Waals surface area (Å²) in [5.41, 5.74) is 3.44. The molecule has 1 unspecified atom stereocenters. The third-order valence-corrected chi connectivity index (χ3v) is 4.93. The molecule has 1 fully saturated rings. The van der Waals surface area contributed by atoms with Gasteiger partial charge in [-0.2, -0.15) is 0 Å². The highest BCUT2D eigenvalue weighted by atomic mass is 16.5. The number of ether oxygens (including phenoxy) is 1. The molecule has 2 nitrogen and oxygen atoms in total. The summed E-state index contributed by atoms with van der Waals surface area (Å²) in [4.78, 5) is 0. The average molecular weight is 273 g/mol. The topological polar surface area (TPSA) is 21.3 Å². The highest BCUT2D eigenvalue weighted by Gasteiger charge is 2.37. The van der Waals surface area contributed by atoms with Gasteiger partial charge in [0.05, 0.1) is 0 Å². The number of fused-ring (bicyclic) bond motifs is 1. The maximum absolute atomic E-state index is 5.67. The molecule has 0 saturated heterocycles. The van der Waals surface area contributed by atoms with Gasteiger partial charge < -0.3 is 10.1 Å². The summed E-state index contributed by atoms with van der Waals surface area (Å²) in [5, 5.41) is 3.78. The predicted molar refractivity (Wildman–Crippen MR) is 83.2 cm³/mol. The van der Waals surface area contributed by atoms with E-state index in [0.29, 0.717) is 5.41 Å². The Morgan fingerprint density at radius 2 is 2.15 bits per heavy atom. The van der Waals surface area contributed by atoms with Gasteiger partial charge in [-0.25, -0.2) is 0 Å². The highest BCUT2D eigenvalue weighted by molar-refractivity contribution is 5.37. The first-order chi connectivity index (χ1) is 9.84. The molecular weight excluding hydrogens is 246 g/mol. The maximum atomic E-state index is 5.67. The summed E-state index contributed by atoms with van der Waals surface area (Å²) in [5.74, 6) is 0. The standard InChI is InChI=1S/C18H27NO/c1-2-20-13-12-18(14-19-16-9-10-16)11-5-7-15-6-3-4-8-17(15)18/h3-4,6,8,16,19H,2,5,7,9-14H2,1H3. The fourth-order valence-corrected chi connectivity index (χ4v) is 3.58. The second kappa shape index (κ2) is 6.28. The molecule has 0 amide bonds. The van der Waals surface area contributed by atoms with E-state index in [1.165, 1.54) is 32.1 Å². The van der Waals surface area contributed by atoms with E-state index in [1.807, 2.05) is 0 Å². The zero-order chi connectivity index (χ0) is 13.8. The molecule has 3 rings (SSSR count). The Balaban J connectivity index is 1.80. The van der Waals surface area contributed by atoms with Crippen LogP contribution in [0.5, 0.6) is 0 Å². The molecule has 20 heavy (non-hydrogen) atoms. The van der Waals surface area contributed by atoms with Gasteiger partial charge in [-0.15, -0.1) is 0 Å². The van der Waals surface area contributed by atoms with Crippen molar-refractivity contribution >= 4 is 0 Å². The SMILES string of the molecule is CCOCCC1(CNC2CC2)CCCc2ccccc21. The van der Waals surface area contributed by atoms with Crippen LogP contribution in [0.25, 0.3) is 0 Å². The first-order valence-corrected chi connectivity index (χ1v) is 8.23. The van der Waals surface area contributed by atoms with Crippen molar-refractivity contribution in [2.45, 2.75) is 56.9 Å². The molecule has 2 heteroatoms. The molecule has 110 valence electrons. The molecule has 0 aromatic heterocycles. The predicted octanol–water partition coefficient (Wildman–Crippen LogP) is 3.44. The molecule has 0 spiro atoms. The van der Waals surface area contributed by atoms with Crippen molar-refractivity contribution in [3.63, 3.8) is 0 Å². The van der Waals surface area contributed by atoms with Gasteiger partial charge in [0.15, 0.2) is 0 Å². The van der Waals surface area contributed by atoms with E-state index >= 15 is 0 Å². The van der Waals surface area contributed by atoms with Crippen molar-refractivity contribution in [2.24, 2.45) is 0 Å². The van der Waals surface area contributed by atoms with Crippen LogP contribution < -0.4 is 5.32 Å². The van der Waals surface area contributed by atoms with Crippen LogP contribution in [0.4, 0.5) is 0 Å². The van der Waals surface area contributed by atoms with E-state index in [2.05, 4.69) is 36.5 Å². The summed E-state index contributed by atoms with van der Waals surface area (Å²) in [6, 6.07) is 9.85. The number of aryl methyl sites for hydroxylation is 1.